The minimum atomic E-state index is -0.649. The zero-order chi connectivity index (χ0) is 87.0. The molecule has 0 saturated heterocycles. The molecule has 0 saturated carbocycles. The van der Waals surface area contributed by atoms with Crippen molar-refractivity contribution in [1.29, 1.82) is 0 Å². The molecule has 0 bridgehead atoms. The summed E-state index contributed by atoms with van der Waals surface area (Å²) in [5, 5.41) is 32.8. The van der Waals surface area contributed by atoms with Crippen LogP contribution in [0.4, 0.5) is 0 Å². The average Bonchev–Trinajstić information content (AvgIpc) is 0.957. The van der Waals surface area contributed by atoms with Crippen LogP contribution in [0.2, 0.25) is 0 Å². The van der Waals surface area contributed by atoms with Crippen LogP contribution in [0.25, 0.3) is 0 Å². The second-order valence-corrected chi connectivity index (χ2v) is 32.8. The minimum absolute atomic E-state index is 0.0532. The second-order valence-electron chi connectivity index (χ2n) is 32.8. The molecular weight excluding hydrogens is 1500 g/mol. The van der Waals surface area contributed by atoms with E-state index in [1.165, 1.54) is 38.5 Å². The van der Waals surface area contributed by atoms with Gasteiger partial charge in [0.2, 0.25) is 70.9 Å². The Bertz CT molecular complexity index is 2600. The lowest BCUT2D eigenvalue weighted by molar-refractivity contribution is -0.368. The molecule has 0 aromatic carbocycles. The predicted molar refractivity (Wildman–Crippen MR) is 466 cm³/mol. The number of hydrogen-bond acceptors (Lipinski definition) is 12. The first kappa shape index (κ1) is 111. The Morgan fingerprint density at radius 3 is 0.525 bits per heavy atom. The fourth-order valence-electron chi connectivity index (χ4n) is 14.4. The SMILES string of the molecule is CCCCCCCCCCCC(=O)NC(CCCC[NH3+])C(=O)NCCCCCCCC(=O)NC(CCCC[NH3+])C(=O)NCCCCCCCC(=O)NC(CCCC[NH3+])C(=O)NCCCCCCCC(=O)NC(CCCC[NH3+])C(=O)NCCCCCCCC(=O)NC(CCCC[NH3+])C(=O)NCCCCCCCC(=O)NC(CCCC[NH3+])C(N)=O. The third kappa shape index (κ3) is 68.1. The van der Waals surface area contributed by atoms with Crippen LogP contribution < -0.4 is 98.6 Å². The smallest absolute Gasteiger partial charge is 0.242 e. The number of unbranched alkanes of at least 4 members (excludes halogenated alkanes) is 34. The van der Waals surface area contributed by atoms with Gasteiger partial charge in [-0.1, -0.05) is 155 Å². The molecule has 0 spiro atoms. The van der Waals surface area contributed by atoms with E-state index < -0.39 is 42.2 Å². The summed E-state index contributed by atoms with van der Waals surface area (Å²) in [6, 6.07) is -3.64. The van der Waals surface area contributed by atoms with E-state index >= 15 is 0 Å². The highest BCUT2D eigenvalue weighted by Gasteiger charge is 2.26. The molecule has 12 amide bonds. The van der Waals surface area contributed by atoms with E-state index in [-0.39, 0.29) is 65.0 Å². The first-order chi connectivity index (χ1) is 57.3. The number of amides is 12. The molecular formula is C88H178N18O12+6. The molecule has 0 aliphatic heterocycles. The number of carbonyl (C=O) groups excluding carboxylic acids is 12. The summed E-state index contributed by atoms with van der Waals surface area (Å²) < 4.78 is 0. The fraction of sp³-hybridized carbons (Fsp3) is 0.864. The van der Waals surface area contributed by atoms with Gasteiger partial charge in [-0.2, -0.15) is 0 Å². The van der Waals surface area contributed by atoms with Crippen molar-refractivity contribution in [2.45, 2.75) is 416 Å². The second kappa shape index (κ2) is 81.4. The van der Waals surface area contributed by atoms with Crippen molar-refractivity contribution in [3.05, 3.63) is 0 Å². The van der Waals surface area contributed by atoms with Gasteiger partial charge in [-0.15, -0.1) is 0 Å². The summed E-state index contributed by atoms with van der Waals surface area (Å²) in [6.07, 6.45) is 46.3. The van der Waals surface area contributed by atoms with E-state index in [2.05, 4.69) is 99.8 Å². The van der Waals surface area contributed by atoms with Gasteiger partial charge >= 0.3 is 0 Å². The summed E-state index contributed by atoms with van der Waals surface area (Å²) in [7, 11) is 0. The van der Waals surface area contributed by atoms with Gasteiger partial charge in [0.05, 0.1) is 39.3 Å². The molecule has 0 fully saturated rings. The van der Waals surface area contributed by atoms with Gasteiger partial charge in [0.15, 0.2) is 0 Å². The standard InChI is InChI=1S/C88H172N18O12/c1-2-3-4-5-6-7-8-14-25-55-78(108)102-72(49-32-38-61-90)84(114)97-67-44-21-10-16-27-57-80(110)104-74(51-34-40-63-92)86(116)99-69-46-23-12-18-29-59-82(112)106-76(53-36-42-65-94)88(118)100-70-47-24-13-19-30-58-81(111)105-75(52-35-41-64-93)87(117)98-68-45-22-11-17-28-56-79(109)103-73(50-33-39-62-91)85(115)96-66-43-20-9-15-26-54-77(107)101-71(83(95)113)48-31-37-60-89/h71-76H,2-70,89-94H2,1H3,(H2,95,113)(H,96,115)(H,97,114)(H,98,117)(H,99,116)(H,100,118)(H,101,107)(H,102,108)(H,103,109)(H,104,110)(H,105,111)(H,106,112)/p+6. The first-order valence-electron chi connectivity index (χ1n) is 47.5. The van der Waals surface area contributed by atoms with Crippen molar-refractivity contribution < 1.29 is 91.9 Å². The van der Waals surface area contributed by atoms with E-state index in [9.17, 15) is 57.5 Å². The van der Waals surface area contributed by atoms with Crippen molar-refractivity contribution >= 4 is 70.9 Å². The Kier molecular flexibility index (Phi) is 76.9. The van der Waals surface area contributed by atoms with Gasteiger partial charge in [0, 0.05) is 71.2 Å². The van der Waals surface area contributed by atoms with E-state index in [1.54, 1.807) is 0 Å². The maximum atomic E-state index is 13.4. The van der Waals surface area contributed by atoms with Crippen molar-refractivity contribution in [1.82, 2.24) is 58.5 Å². The average molecular weight is 1680 g/mol. The molecule has 686 valence electrons. The summed E-state index contributed by atoms with van der Waals surface area (Å²) in [5.41, 5.74) is 28.9. The maximum absolute atomic E-state index is 13.4. The van der Waals surface area contributed by atoms with Crippen molar-refractivity contribution in [3.63, 3.8) is 0 Å². The lowest BCUT2D eigenvalue weighted by Gasteiger charge is -2.19. The first-order valence-corrected chi connectivity index (χ1v) is 47.5. The number of carbonyl (C=O) groups is 12. The largest absolute Gasteiger partial charge is 0.368 e. The van der Waals surface area contributed by atoms with Gasteiger partial charge < -0.3 is 98.6 Å². The molecule has 0 heterocycles. The molecule has 31 N–H and O–H groups in total. The van der Waals surface area contributed by atoms with E-state index in [0.717, 1.165) is 264 Å². The number of primary amides is 1. The normalized spacial score (nSPS) is 12.7. The highest BCUT2D eigenvalue weighted by molar-refractivity contribution is 5.90. The Labute approximate surface area is 711 Å². The van der Waals surface area contributed by atoms with Crippen LogP contribution in [-0.4, -0.2) is 179 Å². The summed E-state index contributed by atoms with van der Waals surface area (Å²) in [5.74, 6) is -2.20. The number of hydrogen-bond donors (Lipinski definition) is 18. The molecule has 0 aliphatic carbocycles. The Morgan fingerprint density at radius 2 is 0.356 bits per heavy atom. The van der Waals surface area contributed by atoms with Gasteiger partial charge in [-0.3, -0.25) is 57.5 Å². The minimum Gasteiger partial charge on any atom is -0.368 e. The van der Waals surface area contributed by atoms with Gasteiger partial charge in [-0.25, -0.2) is 0 Å². The number of nitrogens with two attached hydrogens (primary N) is 1. The van der Waals surface area contributed by atoms with Crippen molar-refractivity contribution in [2.24, 2.45) is 5.73 Å². The van der Waals surface area contributed by atoms with Crippen LogP contribution in [0.15, 0.2) is 0 Å². The maximum Gasteiger partial charge on any atom is 0.242 e. The van der Waals surface area contributed by atoms with Crippen LogP contribution in [0.1, 0.15) is 379 Å². The molecule has 0 aliphatic rings. The zero-order valence-corrected chi connectivity index (χ0v) is 74.5. The lowest BCUT2D eigenvalue weighted by Crippen LogP contribution is -2.50. The van der Waals surface area contributed by atoms with Gasteiger partial charge in [-0.05, 0) is 186 Å². The van der Waals surface area contributed by atoms with Crippen LogP contribution in [0, 0.1) is 0 Å². The highest BCUT2D eigenvalue weighted by Crippen LogP contribution is 2.16. The summed E-state index contributed by atoms with van der Waals surface area (Å²) >= 11 is 0. The molecule has 0 radical (unpaired) electrons. The predicted octanol–water partition coefficient (Wildman–Crippen LogP) is 4.06. The molecule has 30 heteroatoms. The molecule has 0 aromatic heterocycles. The Balaban J connectivity index is 4.62. The quantitative estimate of drug-likeness (QED) is 0.0384. The Hall–Kier alpha value is -6.60. The van der Waals surface area contributed by atoms with Crippen LogP contribution in [0.3, 0.4) is 0 Å². The highest BCUT2D eigenvalue weighted by atomic mass is 16.2. The Morgan fingerprint density at radius 1 is 0.203 bits per heavy atom. The lowest BCUT2D eigenvalue weighted by atomic mass is 10.1. The van der Waals surface area contributed by atoms with Gasteiger partial charge in [0.25, 0.3) is 0 Å². The van der Waals surface area contributed by atoms with Crippen LogP contribution in [-0.2, 0) is 57.5 Å². The van der Waals surface area contributed by atoms with E-state index in [4.69, 9.17) is 5.73 Å². The number of nitrogens with one attached hydrogen (secondary N) is 11. The number of quaternary nitrogens is 6. The zero-order valence-electron chi connectivity index (χ0n) is 74.5. The number of rotatable bonds is 86. The topological polar surface area (TPSA) is 529 Å². The summed E-state index contributed by atoms with van der Waals surface area (Å²) in [6.45, 7) is 9.27. The third-order valence-corrected chi connectivity index (χ3v) is 21.8. The van der Waals surface area contributed by atoms with Gasteiger partial charge in [0.1, 0.15) is 36.3 Å². The molecule has 6 atom stereocenters. The molecule has 118 heavy (non-hydrogen) atoms. The molecule has 6 unspecified atom stereocenters. The van der Waals surface area contributed by atoms with Crippen LogP contribution >= 0.6 is 0 Å². The van der Waals surface area contributed by atoms with Crippen molar-refractivity contribution in [3.8, 4) is 0 Å². The van der Waals surface area contributed by atoms with Crippen molar-refractivity contribution in [2.75, 3.05) is 72.0 Å². The van der Waals surface area contributed by atoms with E-state index in [0.29, 0.717) is 142 Å². The molecule has 0 aromatic rings. The fourth-order valence-corrected chi connectivity index (χ4v) is 14.4. The van der Waals surface area contributed by atoms with E-state index in [1.807, 2.05) is 0 Å². The summed E-state index contributed by atoms with van der Waals surface area (Å²) in [4.78, 5) is 156. The third-order valence-electron chi connectivity index (χ3n) is 21.8. The molecule has 0 rings (SSSR count). The molecule has 30 nitrogen and oxygen atoms in total. The van der Waals surface area contributed by atoms with Crippen LogP contribution in [0.5, 0.6) is 0 Å². The monoisotopic (exact) mass is 1680 g/mol.